The Morgan fingerprint density at radius 1 is 1.08 bits per heavy atom. The van der Waals surface area contributed by atoms with Crippen molar-refractivity contribution in [2.75, 3.05) is 19.7 Å². The van der Waals surface area contributed by atoms with E-state index in [4.69, 9.17) is 15.2 Å². The van der Waals surface area contributed by atoms with Gasteiger partial charge in [0.15, 0.2) is 0 Å². The lowest BCUT2D eigenvalue weighted by atomic mass is 9.98. The van der Waals surface area contributed by atoms with Crippen molar-refractivity contribution < 1.29 is 33.4 Å². The van der Waals surface area contributed by atoms with Gasteiger partial charge in [-0.1, -0.05) is 35.4 Å². The van der Waals surface area contributed by atoms with Gasteiger partial charge in [0.25, 0.3) is 0 Å². The molecule has 0 aliphatic carbocycles. The van der Waals surface area contributed by atoms with Gasteiger partial charge in [0, 0.05) is 19.5 Å². The number of nitrogens with two attached hydrogens (primary N) is 1. The molecule has 4 N–H and O–H groups in total. The first-order valence-electron chi connectivity index (χ1n) is 12.9. The summed E-state index contributed by atoms with van der Waals surface area (Å²) in [6.07, 6.45) is 0.262. The number of ether oxygens (including phenoxy) is 2. The number of primary amides is 1. The second-order valence-corrected chi connectivity index (χ2v) is 10.2. The molecule has 39 heavy (non-hydrogen) atoms. The molecule has 0 heterocycles. The zero-order valence-corrected chi connectivity index (χ0v) is 23.8. The molecular weight excluding hydrogens is 504 g/mol. The van der Waals surface area contributed by atoms with Crippen molar-refractivity contribution in [1.82, 2.24) is 15.5 Å². The second kappa shape index (κ2) is 15.5. The Kier molecular flexibility index (Phi) is 13.2. The largest absolute Gasteiger partial charge is 0.466 e. The zero-order chi connectivity index (χ0) is 29.8. The topological polar surface area (TPSA) is 157 Å². The van der Waals surface area contributed by atoms with Crippen LogP contribution in [0.5, 0.6) is 0 Å². The maximum atomic E-state index is 13.9. The van der Waals surface area contributed by atoms with Crippen LogP contribution in [0.1, 0.15) is 69.7 Å². The highest BCUT2D eigenvalue weighted by atomic mass is 16.6. The third-order valence-electron chi connectivity index (χ3n) is 5.33. The minimum atomic E-state index is -1.21. The van der Waals surface area contributed by atoms with E-state index >= 15 is 0 Å². The number of esters is 1. The van der Waals surface area contributed by atoms with Gasteiger partial charge in [-0.3, -0.25) is 19.2 Å². The molecule has 0 radical (unpaired) electrons. The van der Waals surface area contributed by atoms with Crippen molar-refractivity contribution in [2.24, 2.45) is 5.73 Å². The van der Waals surface area contributed by atoms with E-state index in [0.29, 0.717) is 5.56 Å². The molecule has 0 bridgehead atoms. The highest BCUT2D eigenvalue weighted by molar-refractivity contribution is 5.92. The van der Waals surface area contributed by atoms with Crippen LogP contribution >= 0.6 is 0 Å². The summed E-state index contributed by atoms with van der Waals surface area (Å²) < 4.78 is 10.2. The van der Waals surface area contributed by atoms with E-state index in [2.05, 4.69) is 17.2 Å². The summed E-state index contributed by atoms with van der Waals surface area (Å²) >= 11 is 0. The maximum absolute atomic E-state index is 13.9. The van der Waals surface area contributed by atoms with Crippen molar-refractivity contribution in [3.8, 4) is 0 Å². The van der Waals surface area contributed by atoms with Gasteiger partial charge in [-0.15, -0.1) is 6.58 Å². The third-order valence-corrected chi connectivity index (χ3v) is 5.33. The number of aryl methyl sites for hydroxylation is 2. The number of amides is 4. The quantitative estimate of drug-likeness (QED) is 0.239. The monoisotopic (exact) mass is 546 g/mol. The Hall–Kier alpha value is -3.89. The number of rotatable bonds is 14. The van der Waals surface area contributed by atoms with E-state index in [1.54, 1.807) is 39.8 Å². The summed E-state index contributed by atoms with van der Waals surface area (Å²) in [5.74, 6) is -2.29. The molecule has 216 valence electrons. The fourth-order valence-corrected chi connectivity index (χ4v) is 3.91. The Labute approximate surface area is 230 Å². The maximum Gasteiger partial charge on any atom is 0.408 e. The van der Waals surface area contributed by atoms with Gasteiger partial charge in [-0.25, -0.2) is 4.79 Å². The van der Waals surface area contributed by atoms with E-state index in [9.17, 15) is 24.0 Å². The molecule has 0 spiro atoms. The van der Waals surface area contributed by atoms with E-state index in [1.165, 1.54) is 11.0 Å². The summed E-state index contributed by atoms with van der Waals surface area (Å²) in [6, 6.07) is 3.15. The van der Waals surface area contributed by atoms with Crippen LogP contribution in [0, 0.1) is 13.8 Å². The molecule has 1 aromatic rings. The smallest absolute Gasteiger partial charge is 0.408 e. The van der Waals surface area contributed by atoms with Crippen LogP contribution in [0.3, 0.4) is 0 Å². The molecule has 0 fully saturated rings. The lowest BCUT2D eigenvalue weighted by Gasteiger charge is -2.34. The Morgan fingerprint density at radius 2 is 1.69 bits per heavy atom. The molecule has 2 unspecified atom stereocenters. The molecule has 0 aliphatic heterocycles. The van der Waals surface area contributed by atoms with Crippen LogP contribution in [-0.2, 0) is 28.7 Å². The number of hydrogen-bond acceptors (Lipinski definition) is 7. The van der Waals surface area contributed by atoms with E-state index in [1.807, 2.05) is 19.9 Å². The Balaban J connectivity index is 3.45. The minimum Gasteiger partial charge on any atom is -0.466 e. The van der Waals surface area contributed by atoms with Crippen LogP contribution in [0.15, 0.2) is 30.9 Å². The highest BCUT2D eigenvalue weighted by Crippen LogP contribution is 2.25. The van der Waals surface area contributed by atoms with Gasteiger partial charge in [-0.05, 0) is 53.5 Å². The third kappa shape index (κ3) is 12.0. The molecule has 2 atom stereocenters. The van der Waals surface area contributed by atoms with Crippen LogP contribution in [0.25, 0.3) is 0 Å². The molecule has 0 aliphatic rings. The van der Waals surface area contributed by atoms with E-state index in [-0.39, 0.29) is 39.0 Å². The van der Waals surface area contributed by atoms with Gasteiger partial charge >= 0.3 is 12.1 Å². The van der Waals surface area contributed by atoms with Crippen molar-refractivity contribution in [2.45, 2.75) is 78.5 Å². The van der Waals surface area contributed by atoms with Crippen LogP contribution in [0.4, 0.5) is 4.79 Å². The minimum absolute atomic E-state index is 0.00362. The first-order chi connectivity index (χ1) is 18.2. The SMILES string of the molecule is C=CCN(C(=O)C(CCC(N)=O)NC(=O)OC(C)(C)C)C(C(=O)NCCC(=O)OCC)c1cc(C)cc(C)c1. The number of nitrogens with one attached hydrogen (secondary N) is 2. The van der Waals surface area contributed by atoms with Gasteiger partial charge in [0.2, 0.25) is 17.7 Å². The first-order valence-corrected chi connectivity index (χ1v) is 12.9. The second-order valence-electron chi connectivity index (χ2n) is 10.2. The molecule has 0 saturated carbocycles. The molecule has 1 rings (SSSR count). The van der Waals surface area contributed by atoms with Gasteiger partial charge in [0.1, 0.15) is 17.7 Å². The summed E-state index contributed by atoms with van der Waals surface area (Å²) in [7, 11) is 0. The fourth-order valence-electron chi connectivity index (χ4n) is 3.91. The summed E-state index contributed by atoms with van der Waals surface area (Å²) in [5, 5.41) is 5.23. The molecule has 11 nitrogen and oxygen atoms in total. The lowest BCUT2D eigenvalue weighted by Crippen LogP contribution is -2.53. The Morgan fingerprint density at radius 3 is 2.21 bits per heavy atom. The van der Waals surface area contributed by atoms with Crippen molar-refractivity contribution in [1.29, 1.82) is 0 Å². The molecule has 0 saturated heterocycles. The Bertz CT molecular complexity index is 1030. The number of benzene rings is 1. The van der Waals surface area contributed by atoms with Crippen molar-refractivity contribution in [3.05, 3.63) is 47.5 Å². The highest BCUT2D eigenvalue weighted by Gasteiger charge is 2.36. The van der Waals surface area contributed by atoms with Gasteiger partial charge in [0.05, 0.1) is 13.0 Å². The molecule has 4 amide bonds. The van der Waals surface area contributed by atoms with Crippen molar-refractivity contribution >= 4 is 29.8 Å². The standard InChI is InChI=1S/C28H42N4O7/c1-8-14-32(26(36)21(10-11-22(29)33)31-27(37)39-28(5,6)7)24(20-16-18(3)15-19(4)17-20)25(35)30-13-12-23(34)38-9-2/h8,15-17,21,24H,1,9-14H2,2-7H3,(H2,29,33)(H,30,35)(H,31,37). The summed E-state index contributed by atoms with van der Waals surface area (Å²) in [4.78, 5) is 64.6. The van der Waals surface area contributed by atoms with Crippen LogP contribution in [-0.4, -0.2) is 66.0 Å². The molecule has 11 heteroatoms. The number of carbonyl (C=O) groups excluding carboxylic acids is 5. The van der Waals surface area contributed by atoms with E-state index < -0.39 is 47.5 Å². The van der Waals surface area contributed by atoms with E-state index in [0.717, 1.165) is 11.1 Å². The number of nitrogens with zero attached hydrogens (tertiary/aromatic N) is 1. The van der Waals surface area contributed by atoms with Crippen LogP contribution < -0.4 is 16.4 Å². The summed E-state index contributed by atoms with van der Waals surface area (Å²) in [6.45, 7) is 14.3. The fraction of sp³-hybridized carbons (Fsp3) is 0.536. The normalized spacial score (nSPS) is 12.5. The number of carbonyl (C=O) groups is 5. The lowest BCUT2D eigenvalue weighted by molar-refractivity contribution is -0.144. The van der Waals surface area contributed by atoms with Gasteiger partial charge < -0.3 is 30.7 Å². The number of alkyl carbamates (subject to hydrolysis) is 1. The average Bonchev–Trinajstić information content (AvgIpc) is 2.79. The number of hydrogen-bond donors (Lipinski definition) is 3. The average molecular weight is 547 g/mol. The predicted octanol–water partition coefficient (Wildman–Crippen LogP) is 2.59. The molecule has 1 aromatic carbocycles. The molecular formula is C28H42N4O7. The summed E-state index contributed by atoms with van der Waals surface area (Å²) in [5.41, 5.74) is 6.76. The van der Waals surface area contributed by atoms with Crippen LogP contribution in [0.2, 0.25) is 0 Å². The predicted molar refractivity (Wildman–Crippen MR) is 146 cm³/mol. The van der Waals surface area contributed by atoms with Gasteiger partial charge in [-0.2, -0.15) is 0 Å². The van der Waals surface area contributed by atoms with Crippen molar-refractivity contribution in [3.63, 3.8) is 0 Å². The first kappa shape index (κ1) is 33.1. The molecule has 0 aromatic heterocycles. The zero-order valence-electron chi connectivity index (χ0n) is 23.8.